The number of alkyl halides is 3. The lowest BCUT2D eigenvalue weighted by Gasteiger charge is -2.43. The number of hydrogen-bond acceptors (Lipinski definition) is 4. The van der Waals surface area contributed by atoms with Gasteiger partial charge in [0.15, 0.2) is 14.6 Å². The van der Waals surface area contributed by atoms with E-state index in [2.05, 4.69) is 73.8 Å². The van der Waals surface area contributed by atoms with Crippen molar-refractivity contribution in [1.82, 2.24) is 0 Å². The Bertz CT molecular complexity index is 821. The van der Waals surface area contributed by atoms with E-state index in [0.717, 1.165) is 23.3 Å². The highest BCUT2D eigenvalue weighted by Crippen LogP contribution is 2.51. The Labute approximate surface area is 224 Å². The monoisotopic (exact) mass is 568 g/mol. The van der Waals surface area contributed by atoms with Gasteiger partial charge in [0.05, 0.1) is 13.2 Å². The molecule has 1 aliphatic rings. The summed E-state index contributed by atoms with van der Waals surface area (Å²) in [5.74, 6) is 0.738. The fourth-order valence-electron chi connectivity index (χ4n) is 3.12. The lowest BCUT2D eigenvalue weighted by atomic mass is 10.0. The maximum atomic E-state index is 6.93. The topological polar surface area (TPSA) is 36.9 Å². The summed E-state index contributed by atoms with van der Waals surface area (Å²) in [5, 5.41) is -0.0615. The molecule has 0 aromatic heterocycles. The van der Waals surface area contributed by atoms with E-state index in [1.807, 2.05) is 12.1 Å². The summed E-state index contributed by atoms with van der Waals surface area (Å²) in [4.78, 5) is 0. The van der Waals surface area contributed by atoms with Crippen molar-refractivity contribution >= 4 is 51.4 Å². The van der Waals surface area contributed by atoms with Crippen LogP contribution in [0.1, 0.15) is 65.2 Å². The highest BCUT2D eigenvalue weighted by Gasteiger charge is 2.47. The quantitative estimate of drug-likeness (QED) is 0.243. The van der Waals surface area contributed by atoms with Crippen LogP contribution in [0, 0.1) is 0 Å². The second-order valence-electron chi connectivity index (χ2n) is 12.2. The second kappa shape index (κ2) is 10.9. The van der Waals surface area contributed by atoms with Crippen LogP contribution in [0.5, 0.6) is 5.75 Å². The van der Waals surface area contributed by atoms with Gasteiger partial charge in [0, 0.05) is 12.0 Å². The van der Waals surface area contributed by atoms with Crippen molar-refractivity contribution in [2.24, 2.45) is 0 Å². The largest absolute Gasteiger partial charge is 0.543 e. The van der Waals surface area contributed by atoms with Crippen LogP contribution in [0.25, 0.3) is 0 Å². The highest BCUT2D eigenvalue weighted by atomic mass is 35.6. The molecule has 34 heavy (non-hydrogen) atoms. The SMILES string of the molecule is CC(C)(C)[Si](C)(C)Oc1c(CC2OCCCO2)cccc1C(O[Si](C)(C)C(C)(C)C)C(Cl)(Cl)Cl. The van der Waals surface area contributed by atoms with Crippen molar-refractivity contribution in [1.29, 1.82) is 0 Å². The Morgan fingerprint density at radius 2 is 1.44 bits per heavy atom. The third kappa shape index (κ3) is 7.61. The first-order chi connectivity index (χ1) is 15.3. The number of hydrogen-bond donors (Lipinski definition) is 0. The van der Waals surface area contributed by atoms with Crippen molar-refractivity contribution in [3.63, 3.8) is 0 Å². The van der Waals surface area contributed by atoms with Gasteiger partial charge in [0.2, 0.25) is 3.79 Å². The van der Waals surface area contributed by atoms with Crippen LogP contribution in [0.15, 0.2) is 18.2 Å². The average molecular weight is 570 g/mol. The van der Waals surface area contributed by atoms with Gasteiger partial charge in [-0.3, -0.25) is 0 Å². The van der Waals surface area contributed by atoms with Crippen LogP contribution in [-0.4, -0.2) is 39.9 Å². The molecule has 9 heteroatoms. The van der Waals surface area contributed by atoms with E-state index in [-0.39, 0.29) is 16.4 Å². The van der Waals surface area contributed by atoms with Crippen LogP contribution in [-0.2, 0) is 20.3 Å². The van der Waals surface area contributed by atoms with Crippen LogP contribution in [0.3, 0.4) is 0 Å². The van der Waals surface area contributed by atoms with Crippen molar-refractivity contribution in [3.8, 4) is 5.75 Å². The number of benzene rings is 1. The zero-order chi connectivity index (χ0) is 26.2. The van der Waals surface area contributed by atoms with Crippen LogP contribution < -0.4 is 4.43 Å². The molecule has 196 valence electrons. The number of para-hydroxylation sites is 1. The summed E-state index contributed by atoms with van der Waals surface area (Å²) < 4.78 is 23.7. The normalized spacial score (nSPS) is 18.1. The van der Waals surface area contributed by atoms with E-state index >= 15 is 0 Å². The van der Waals surface area contributed by atoms with Gasteiger partial charge in [-0.1, -0.05) is 94.5 Å². The van der Waals surface area contributed by atoms with Gasteiger partial charge in [-0.25, -0.2) is 0 Å². The van der Waals surface area contributed by atoms with E-state index in [9.17, 15) is 0 Å². The van der Waals surface area contributed by atoms with Gasteiger partial charge >= 0.3 is 0 Å². The molecule has 1 fully saturated rings. The van der Waals surface area contributed by atoms with Crippen LogP contribution in [0.4, 0.5) is 0 Å². The van der Waals surface area contributed by atoms with Gasteiger partial charge in [0.1, 0.15) is 11.9 Å². The minimum absolute atomic E-state index is 0.00894. The molecule has 1 aromatic carbocycles. The molecule has 1 unspecified atom stereocenters. The molecule has 0 N–H and O–H groups in total. The maximum Gasteiger partial charge on any atom is 0.250 e. The minimum Gasteiger partial charge on any atom is -0.543 e. The van der Waals surface area contributed by atoms with E-state index in [1.54, 1.807) is 0 Å². The Balaban J connectivity index is 2.64. The fraction of sp³-hybridized carbons (Fsp3) is 0.760. The number of halogens is 3. The molecule has 1 heterocycles. The fourth-order valence-corrected chi connectivity index (χ4v) is 6.14. The zero-order valence-electron chi connectivity index (χ0n) is 22.5. The van der Waals surface area contributed by atoms with Gasteiger partial charge in [-0.05, 0) is 48.2 Å². The Kier molecular flexibility index (Phi) is 9.76. The molecular formula is C25H43Cl3O4Si2. The third-order valence-corrected chi connectivity index (χ3v) is 16.7. The maximum absolute atomic E-state index is 6.93. The summed E-state index contributed by atoms with van der Waals surface area (Å²) in [5.41, 5.74) is 1.75. The highest BCUT2D eigenvalue weighted by molar-refractivity contribution is 6.75. The van der Waals surface area contributed by atoms with Crippen molar-refractivity contribution < 1.29 is 18.3 Å². The Morgan fingerprint density at radius 3 is 1.91 bits per heavy atom. The standard InChI is InChI=1S/C25H43Cl3O4Si2/c1-23(2,3)33(7,8)31-21-18(17-20-29-15-12-16-30-20)13-11-14-19(21)22(25(26,27)28)32-34(9,10)24(4,5)6/h11,13-14,20,22H,12,15-17H2,1-10H3. The van der Waals surface area contributed by atoms with E-state index in [4.69, 9.17) is 53.1 Å². The third-order valence-electron chi connectivity index (χ3n) is 7.37. The summed E-state index contributed by atoms with van der Waals surface area (Å²) in [6.45, 7) is 23.3. The summed E-state index contributed by atoms with van der Waals surface area (Å²) >= 11 is 19.8. The van der Waals surface area contributed by atoms with Gasteiger partial charge in [0.25, 0.3) is 8.32 Å². The van der Waals surface area contributed by atoms with E-state index < -0.39 is 26.5 Å². The van der Waals surface area contributed by atoms with E-state index in [0.29, 0.717) is 19.6 Å². The summed E-state index contributed by atoms with van der Waals surface area (Å²) in [6, 6.07) is 5.99. The Morgan fingerprint density at radius 1 is 0.912 bits per heavy atom. The molecule has 0 aliphatic carbocycles. The van der Waals surface area contributed by atoms with Gasteiger partial charge in [-0.15, -0.1) is 0 Å². The smallest absolute Gasteiger partial charge is 0.250 e. The molecule has 4 nitrogen and oxygen atoms in total. The van der Waals surface area contributed by atoms with Crippen molar-refractivity contribution in [3.05, 3.63) is 29.3 Å². The number of ether oxygens (including phenoxy) is 2. The molecule has 0 bridgehead atoms. The van der Waals surface area contributed by atoms with Gasteiger partial charge < -0.3 is 18.3 Å². The molecule has 1 aromatic rings. The van der Waals surface area contributed by atoms with Crippen LogP contribution in [0.2, 0.25) is 36.3 Å². The predicted octanol–water partition coefficient (Wildman–Crippen LogP) is 8.81. The molecular weight excluding hydrogens is 527 g/mol. The van der Waals surface area contributed by atoms with Crippen molar-refractivity contribution in [2.75, 3.05) is 13.2 Å². The van der Waals surface area contributed by atoms with Crippen molar-refractivity contribution in [2.45, 2.75) is 107 Å². The number of rotatable bonds is 7. The van der Waals surface area contributed by atoms with E-state index in [1.165, 1.54) is 0 Å². The molecule has 1 atom stereocenters. The lowest BCUT2D eigenvalue weighted by Crippen LogP contribution is -2.46. The first-order valence-electron chi connectivity index (χ1n) is 12.0. The molecule has 2 rings (SSSR count). The molecule has 0 radical (unpaired) electrons. The minimum atomic E-state index is -2.29. The predicted molar refractivity (Wildman–Crippen MR) is 150 cm³/mol. The summed E-state index contributed by atoms with van der Waals surface area (Å²) in [6.07, 6.45) is 0.369. The molecule has 1 aliphatic heterocycles. The molecule has 0 spiro atoms. The molecule has 0 saturated carbocycles. The lowest BCUT2D eigenvalue weighted by molar-refractivity contribution is -0.177. The van der Waals surface area contributed by atoms with Gasteiger partial charge in [-0.2, -0.15) is 0 Å². The summed E-state index contributed by atoms with van der Waals surface area (Å²) in [7, 11) is -4.52. The average Bonchev–Trinajstić information content (AvgIpc) is 2.66. The Hall–Kier alpha value is 0.204. The first-order valence-corrected chi connectivity index (χ1v) is 19.0. The molecule has 0 amide bonds. The molecule has 1 saturated heterocycles. The first kappa shape index (κ1) is 30.4. The van der Waals surface area contributed by atoms with Crippen LogP contribution >= 0.6 is 34.8 Å². The second-order valence-corrected chi connectivity index (χ2v) is 24.1. The zero-order valence-corrected chi connectivity index (χ0v) is 26.7.